The first-order chi connectivity index (χ1) is 11.9. The van der Waals surface area contributed by atoms with Crippen molar-refractivity contribution in [2.45, 2.75) is 13.0 Å². The van der Waals surface area contributed by atoms with Crippen molar-refractivity contribution in [3.05, 3.63) is 74.3 Å². The van der Waals surface area contributed by atoms with Crippen LogP contribution in [0.4, 0.5) is 5.69 Å². The fourth-order valence-corrected chi connectivity index (χ4v) is 2.77. The Balaban J connectivity index is 2.03. The summed E-state index contributed by atoms with van der Waals surface area (Å²) >= 11 is 3.41. The summed E-state index contributed by atoms with van der Waals surface area (Å²) in [4.78, 5) is 22.3. The Hall–Kier alpha value is -2.67. The highest BCUT2D eigenvalue weighted by Gasteiger charge is 2.10. The van der Waals surface area contributed by atoms with Gasteiger partial charge in [-0.05, 0) is 52.2 Å². The Morgan fingerprint density at radius 3 is 2.72 bits per heavy atom. The molecule has 0 aromatic heterocycles. The molecule has 6 nitrogen and oxygen atoms in total. The zero-order valence-corrected chi connectivity index (χ0v) is 15.3. The topological polar surface area (TPSA) is 81.5 Å². The highest BCUT2D eigenvalue weighted by Crippen LogP contribution is 2.28. The van der Waals surface area contributed by atoms with Crippen molar-refractivity contribution in [3.8, 4) is 5.75 Å². The molecule has 0 saturated carbocycles. The highest BCUT2D eigenvalue weighted by molar-refractivity contribution is 9.10. The minimum atomic E-state index is -0.471. The summed E-state index contributed by atoms with van der Waals surface area (Å²) in [6.45, 7) is 1.87. The van der Waals surface area contributed by atoms with E-state index >= 15 is 0 Å². The molecule has 1 N–H and O–H groups in total. The predicted molar refractivity (Wildman–Crippen MR) is 99.4 cm³/mol. The number of ether oxygens (including phenoxy) is 1. The largest absolute Gasteiger partial charge is 0.496 e. The van der Waals surface area contributed by atoms with Crippen molar-refractivity contribution in [2.75, 3.05) is 7.11 Å². The molecule has 2 aromatic rings. The van der Waals surface area contributed by atoms with E-state index in [0.717, 1.165) is 10.0 Å². The fraction of sp³-hybridized carbons (Fsp3) is 0.167. The smallest absolute Gasteiger partial charge is 0.270 e. The molecule has 0 aliphatic carbocycles. The van der Waals surface area contributed by atoms with Crippen LogP contribution in [-0.2, 0) is 4.79 Å². The number of nitro groups is 1. The average molecular weight is 405 g/mol. The monoisotopic (exact) mass is 404 g/mol. The molecule has 0 heterocycles. The van der Waals surface area contributed by atoms with Crippen LogP contribution in [0.15, 0.2) is 53.0 Å². The number of non-ortho nitro benzene ring substituents is 1. The second kappa shape index (κ2) is 8.43. The average Bonchev–Trinajstić information content (AvgIpc) is 2.60. The molecule has 0 aliphatic rings. The number of nitrogens with one attached hydrogen (secondary N) is 1. The van der Waals surface area contributed by atoms with Crippen LogP contribution in [0.1, 0.15) is 24.1 Å². The maximum Gasteiger partial charge on any atom is 0.270 e. The molecule has 25 heavy (non-hydrogen) atoms. The van der Waals surface area contributed by atoms with Gasteiger partial charge in [0.2, 0.25) is 5.91 Å². The molecule has 1 amide bonds. The van der Waals surface area contributed by atoms with Gasteiger partial charge in [0.1, 0.15) is 5.75 Å². The van der Waals surface area contributed by atoms with Crippen LogP contribution in [0.3, 0.4) is 0 Å². The molecule has 0 radical (unpaired) electrons. The molecular weight excluding hydrogens is 388 g/mol. The Morgan fingerprint density at radius 2 is 2.08 bits per heavy atom. The second-order valence-corrected chi connectivity index (χ2v) is 6.16. The third-order valence-electron chi connectivity index (χ3n) is 3.54. The number of benzene rings is 2. The van der Waals surface area contributed by atoms with E-state index in [9.17, 15) is 14.9 Å². The zero-order chi connectivity index (χ0) is 18.4. The van der Waals surface area contributed by atoms with Gasteiger partial charge in [-0.25, -0.2) is 0 Å². The number of amides is 1. The Labute approximate surface area is 153 Å². The van der Waals surface area contributed by atoms with Gasteiger partial charge < -0.3 is 10.1 Å². The third-order valence-corrected chi connectivity index (χ3v) is 4.16. The molecule has 1 atom stereocenters. The lowest BCUT2D eigenvalue weighted by atomic mass is 10.1. The molecule has 0 bridgehead atoms. The summed E-state index contributed by atoms with van der Waals surface area (Å²) < 4.78 is 5.99. The molecule has 7 heteroatoms. The second-order valence-electron chi connectivity index (χ2n) is 5.31. The van der Waals surface area contributed by atoms with Crippen LogP contribution in [-0.4, -0.2) is 17.9 Å². The fourth-order valence-electron chi connectivity index (χ4n) is 2.21. The summed E-state index contributed by atoms with van der Waals surface area (Å²) in [7, 11) is 1.59. The lowest BCUT2D eigenvalue weighted by molar-refractivity contribution is -0.384. The quantitative estimate of drug-likeness (QED) is 0.443. The number of hydrogen-bond donors (Lipinski definition) is 1. The van der Waals surface area contributed by atoms with Crippen molar-refractivity contribution in [2.24, 2.45) is 0 Å². The number of carbonyl (C=O) groups is 1. The molecule has 0 unspecified atom stereocenters. The Morgan fingerprint density at radius 1 is 1.32 bits per heavy atom. The molecule has 0 saturated heterocycles. The van der Waals surface area contributed by atoms with Crippen LogP contribution in [0.5, 0.6) is 5.75 Å². The van der Waals surface area contributed by atoms with Crippen LogP contribution < -0.4 is 10.1 Å². The minimum Gasteiger partial charge on any atom is -0.496 e. The van der Waals surface area contributed by atoms with Gasteiger partial charge in [-0.1, -0.05) is 18.2 Å². The normalized spacial score (nSPS) is 12.0. The molecule has 0 fully saturated rings. The standard InChI is InChI=1S/C18H17BrN2O4/c1-12(14-7-8-17(25-2)16(19)11-14)20-18(22)9-6-13-4-3-5-15(10-13)21(23)24/h3-12H,1-2H3,(H,20,22)/b9-6+/t12-/m0/s1. The minimum absolute atomic E-state index is 0.0148. The molecule has 2 rings (SSSR count). The van der Waals surface area contributed by atoms with Crippen molar-refractivity contribution >= 4 is 33.6 Å². The summed E-state index contributed by atoms with van der Waals surface area (Å²) in [6, 6.07) is 11.5. The van der Waals surface area contributed by atoms with Gasteiger partial charge in [-0.3, -0.25) is 14.9 Å². The van der Waals surface area contributed by atoms with Gasteiger partial charge >= 0.3 is 0 Å². The van der Waals surface area contributed by atoms with E-state index in [1.165, 1.54) is 18.2 Å². The van der Waals surface area contributed by atoms with Gasteiger partial charge in [0, 0.05) is 18.2 Å². The number of nitro benzene ring substituents is 1. The van der Waals surface area contributed by atoms with Gasteiger partial charge in [-0.15, -0.1) is 0 Å². The van der Waals surface area contributed by atoms with Gasteiger partial charge in [-0.2, -0.15) is 0 Å². The van der Waals surface area contributed by atoms with E-state index in [0.29, 0.717) is 11.3 Å². The number of hydrogen-bond acceptors (Lipinski definition) is 4. The lowest BCUT2D eigenvalue weighted by Crippen LogP contribution is -2.24. The number of carbonyl (C=O) groups excluding carboxylic acids is 1. The molecule has 130 valence electrons. The van der Waals surface area contributed by atoms with Crippen LogP contribution in [0, 0.1) is 10.1 Å². The van der Waals surface area contributed by atoms with Crippen LogP contribution >= 0.6 is 15.9 Å². The summed E-state index contributed by atoms with van der Waals surface area (Å²) in [6.07, 6.45) is 2.90. The first kappa shape index (κ1) is 18.7. The van der Waals surface area contributed by atoms with Crippen molar-refractivity contribution in [1.29, 1.82) is 0 Å². The maximum absolute atomic E-state index is 12.1. The molecule has 0 spiro atoms. The summed E-state index contributed by atoms with van der Waals surface area (Å²) in [5.41, 5.74) is 1.49. The third kappa shape index (κ3) is 5.15. The Kier molecular flexibility index (Phi) is 6.30. The van der Waals surface area contributed by atoms with Crippen LogP contribution in [0.25, 0.3) is 6.08 Å². The lowest BCUT2D eigenvalue weighted by Gasteiger charge is -2.14. The molecule has 0 aliphatic heterocycles. The van der Waals surface area contributed by atoms with Gasteiger partial charge in [0.25, 0.3) is 5.69 Å². The van der Waals surface area contributed by atoms with E-state index in [1.54, 1.807) is 25.3 Å². The molecular formula is C18H17BrN2O4. The number of halogens is 1. The summed E-state index contributed by atoms with van der Waals surface area (Å²) in [5, 5.41) is 13.6. The van der Waals surface area contributed by atoms with E-state index < -0.39 is 4.92 Å². The number of methoxy groups -OCH3 is 1. The first-order valence-corrected chi connectivity index (χ1v) is 8.26. The SMILES string of the molecule is COc1ccc([C@H](C)NC(=O)/C=C/c2cccc([N+](=O)[O-])c2)cc1Br. The number of nitrogens with zero attached hydrogens (tertiary/aromatic N) is 1. The predicted octanol–water partition coefficient (Wildman–Crippen LogP) is 4.26. The highest BCUT2D eigenvalue weighted by atomic mass is 79.9. The van der Waals surface area contributed by atoms with E-state index in [-0.39, 0.29) is 17.6 Å². The van der Waals surface area contributed by atoms with Crippen LogP contribution in [0.2, 0.25) is 0 Å². The van der Waals surface area contributed by atoms with E-state index in [4.69, 9.17) is 4.74 Å². The molecule has 2 aromatic carbocycles. The van der Waals surface area contributed by atoms with Crippen molar-refractivity contribution in [1.82, 2.24) is 5.32 Å². The van der Waals surface area contributed by atoms with E-state index in [1.807, 2.05) is 25.1 Å². The maximum atomic E-state index is 12.1. The Bertz CT molecular complexity index is 820. The van der Waals surface area contributed by atoms with Crippen molar-refractivity contribution in [3.63, 3.8) is 0 Å². The van der Waals surface area contributed by atoms with Gasteiger partial charge in [0.15, 0.2) is 0 Å². The zero-order valence-electron chi connectivity index (χ0n) is 13.7. The summed E-state index contributed by atoms with van der Waals surface area (Å²) in [5.74, 6) is 0.429. The van der Waals surface area contributed by atoms with E-state index in [2.05, 4.69) is 21.2 Å². The first-order valence-electron chi connectivity index (χ1n) is 7.47. The number of rotatable bonds is 6. The van der Waals surface area contributed by atoms with Gasteiger partial charge in [0.05, 0.1) is 22.5 Å². The van der Waals surface area contributed by atoms with Crippen molar-refractivity contribution < 1.29 is 14.5 Å².